The molecule has 0 radical (unpaired) electrons. The van der Waals surface area contributed by atoms with E-state index in [1.165, 1.54) is 0 Å². The monoisotopic (exact) mass is 268 g/mol. The van der Waals surface area contributed by atoms with Gasteiger partial charge < -0.3 is 1.43 Å². The zero-order chi connectivity index (χ0) is 0. The third-order valence-electron chi connectivity index (χ3n) is 0. The van der Waals surface area contributed by atoms with E-state index in [1.54, 1.807) is 0 Å². The summed E-state index contributed by atoms with van der Waals surface area (Å²) in [6.07, 6.45) is 0. The summed E-state index contributed by atoms with van der Waals surface area (Å²) in [6, 6.07) is 0. The molecule has 0 fully saturated rings. The Morgan fingerprint density at radius 1 is 0.500 bits per heavy atom. The molecule has 8 heteroatoms. The van der Waals surface area contributed by atoms with Crippen LogP contribution >= 0.6 is 0 Å². The van der Waals surface area contributed by atoms with Crippen LogP contribution in [0, 0.1) is 0 Å². The molecule has 0 saturated carbocycles. The minimum absolute atomic E-state index is 0. The molecule has 0 aliphatic carbocycles. The van der Waals surface area contributed by atoms with Gasteiger partial charge in [-0.15, -0.1) is 0 Å². The van der Waals surface area contributed by atoms with Crippen molar-refractivity contribution in [3.8, 4) is 0 Å². The predicted molar refractivity (Wildman–Crippen MR) is 26.1 cm³/mol. The summed E-state index contributed by atoms with van der Waals surface area (Å²) in [5.41, 5.74) is 0. The maximum atomic E-state index is 0. The predicted octanol–water partition coefficient (Wildman–Crippen LogP) is -3.15. The van der Waals surface area contributed by atoms with E-state index in [9.17, 15) is 0 Å². The van der Waals surface area contributed by atoms with Crippen LogP contribution in [0.3, 0.4) is 0 Å². The molecule has 0 aromatic carbocycles. The van der Waals surface area contributed by atoms with Gasteiger partial charge in [0.25, 0.3) is 0 Å². The van der Waals surface area contributed by atoms with Crippen molar-refractivity contribution in [3.05, 3.63) is 0 Å². The quantitative estimate of drug-likeness (QED) is 0.322. The van der Waals surface area contributed by atoms with E-state index in [4.69, 9.17) is 0 Å². The van der Waals surface area contributed by atoms with Gasteiger partial charge in [0, 0.05) is 0 Å². The van der Waals surface area contributed by atoms with E-state index in [-0.39, 0.29) is 83.6 Å². The van der Waals surface area contributed by atoms with Gasteiger partial charge in [0.05, 0.1) is 0 Å². The first-order valence-electron chi connectivity index (χ1n) is 0. The molecule has 0 atom stereocenters. The summed E-state index contributed by atoms with van der Waals surface area (Å²) >= 11 is 0. The maximum absolute atomic E-state index is 0. The molecule has 0 N–H and O–H groups in total. The molecule has 0 amide bonds. The average Bonchev–Trinajstić information content (AvgIpc) is 0. The molecule has 0 spiro atoms. The van der Waals surface area contributed by atoms with E-state index < -0.39 is 0 Å². The Labute approximate surface area is 83.2 Å². The fraction of sp³-hybridized carbons (Fsp3) is 0. The Bertz CT molecular complexity index is 13.0. The first-order chi connectivity index (χ1) is 0. The SMILES string of the molecule is F.F.F.F.F.F.[H-].[Na+].[SbH3]. The van der Waals surface area contributed by atoms with Crippen molar-refractivity contribution in [1.82, 2.24) is 0 Å². The van der Waals surface area contributed by atoms with E-state index in [0.29, 0.717) is 0 Å². The zero-order valence-electron chi connectivity index (χ0n) is 5.16. The van der Waals surface area contributed by atoms with Gasteiger partial charge >= 0.3 is 54.0 Å². The first-order valence-corrected chi connectivity index (χ1v) is 0. The third-order valence-corrected chi connectivity index (χ3v) is 0. The summed E-state index contributed by atoms with van der Waals surface area (Å²) in [5, 5.41) is 0. The van der Waals surface area contributed by atoms with Crippen molar-refractivity contribution in [3.63, 3.8) is 0 Å². The van der Waals surface area contributed by atoms with Gasteiger partial charge in [-0.25, -0.2) is 0 Å². The van der Waals surface area contributed by atoms with Crippen LogP contribution in [0.25, 0.3) is 0 Å². The number of hydrogen-bond acceptors (Lipinski definition) is 0. The summed E-state index contributed by atoms with van der Waals surface area (Å²) in [7, 11) is 0. The molecule has 58 valence electrons. The molecule has 0 aliphatic rings. The molecule has 0 bridgehead atoms. The molecule has 0 nitrogen and oxygen atoms in total. The van der Waals surface area contributed by atoms with Gasteiger partial charge in [0.15, 0.2) is 0 Å². The molecule has 0 unspecified atom stereocenters. The Morgan fingerprint density at radius 3 is 0.500 bits per heavy atom. The summed E-state index contributed by atoms with van der Waals surface area (Å²) in [4.78, 5) is 0. The van der Waals surface area contributed by atoms with Crippen molar-refractivity contribution in [2.45, 2.75) is 0 Å². The Morgan fingerprint density at radius 2 is 0.500 bits per heavy atom. The minimum atomic E-state index is 0. The number of halogens is 6. The molecule has 0 heterocycles. The molecule has 0 aromatic heterocycles. The normalized spacial score (nSPS) is 0. The number of rotatable bonds is 0. The van der Waals surface area contributed by atoms with Crippen LogP contribution in [0.4, 0.5) is 28.2 Å². The van der Waals surface area contributed by atoms with E-state index >= 15 is 0 Å². The topological polar surface area (TPSA) is 0 Å². The molecule has 8 heavy (non-hydrogen) atoms. The van der Waals surface area contributed by atoms with Crippen molar-refractivity contribution >= 4 is 24.4 Å². The van der Waals surface area contributed by atoms with Crippen LogP contribution in [-0.4, -0.2) is 24.4 Å². The van der Waals surface area contributed by atoms with Gasteiger partial charge in [-0.05, 0) is 0 Å². The van der Waals surface area contributed by atoms with E-state index in [1.807, 2.05) is 0 Å². The fourth-order valence-electron chi connectivity index (χ4n) is 0. The van der Waals surface area contributed by atoms with Crippen LogP contribution in [0.2, 0.25) is 0 Å². The molecule has 0 rings (SSSR count). The molecular formula is H10F6NaSb. The van der Waals surface area contributed by atoms with Gasteiger partial charge in [-0.1, -0.05) is 0 Å². The second-order valence-electron chi connectivity index (χ2n) is 0. The second kappa shape index (κ2) is 235. The summed E-state index contributed by atoms with van der Waals surface area (Å²) in [5.74, 6) is 0. The second-order valence-corrected chi connectivity index (χ2v) is 0. The van der Waals surface area contributed by atoms with Crippen LogP contribution in [0.5, 0.6) is 0 Å². The van der Waals surface area contributed by atoms with Gasteiger partial charge in [-0.3, -0.25) is 28.2 Å². The van der Waals surface area contributed by atoms with Crippen LogP contribution in [-0.2, 0) is 0 Å². The van der Waals surface area contributed by atoms with Gasteiger partial charge in [0.1, 0.15) is 0 Å². The molecule has 0 aliphatic heterocycles. The fourth-order valence-corrected chi connectivity index (χ4v) is 0. The molecule has 0 saturated heterocycles. The average molecular weight is 269 g/mol. The number of hydrogen-bond donors (Lipinski definition) is 0. The van der Waals surface area contributed by atoms with Crippen LogP contribution in [0.1, 0.15) is 1.43 Å². The van der Waals surface area contributed by atoms with E-state index in [0.717, 1.165) is 0 Å². The first kappa shape index (κ1) is 339. The van der Waals surface area contributed by atoms with Gasteiger partial charge in [0.2, 0.25) is 0 Å². The third kappa shape index (κ3) is 155. The Balaban J connectivity index is 0. The van der Waals surface area contributed by atoms with Crippen molar-refractivity contribution in [2.75, 3.05) is 0 Å². The standard InChI is InChI=1S/6FH.Na.Sb.4H/h6*1H;;;;;;/q;;;;;;+1;;;;;-1. The van der Waals surface area contributed by atoms with E-state index in [2.05, 4.69) is 0 Å². The summed E-state index contributed by atoms with van der Waals surface area (Å²) < 4.78 is 0. The van der Waals surface area contributed by atoms with Crippen molar-refractivity contribution < 1.29 is 59.2 Å². The molecular weight excluding hydrogens is 259 g/mol. The Hall–Kier alpha value is 1.40. The summed E-state index contributed by atoms with van der Waals surface area (Å²) in [6.45, 7) is 0. The van der Waals surface area contributed by atoms with Crippen molar-refractivity contribution in [1.29, 1.82) is 0 Å². The zero-order valence-corrected chi connectivity index (χ0v) is 10.2. The Kier molecular flexibility index (Phi) is 9970. The van der Waals surface area contributed by atoms with Crippen LogP contribution < -0.4 is 29.6 Å². The molecule has 0 aromatic rings. The van der Waals surface area contributed by atoms with Crippen LogP contribution in [0.15, 0.2) is 0 Å². The van der Waals surface area contributed by atoms with Crippen molar-refractivity contribution in [2.24, 2.45) is 0 Å². The van der Waals surface area contributed by atoms with Gasteiger partial charge in [-0.2, -0.15) is 0 Å².